The van der Waals surface area contributed by atoms with Crippen molar-refractivity contribution in [2.24, 2.45) is 0 Å². The lowest BCUT2D eigenvalue weighted by molar-refractivity contribution is -0.161. The summed E-state index contributed by atoms with van der Waals surface area (Å²) in [5.41, 5.74) is 3.33. The van der Waals surface area contributed by atoms with E-state index in [-0.39, 0.29) is 25.0 Å². The molecule has 0 bridgehead atoms. The van der Waals surface area contributed by atoms with E-state index in [9.17, 15) is 14.7 Å². The molecule has 1 amide bonds. The van der Waals surface area contributed by atoms with Crippen molar-refractivity contribution in [2.75, 3.05) is 7.11 Å². The highest BCUT2D eigenvalue weighted by Gasteiger charge is 2.40. The van der Waals surface area contributed by atoms with Crippen molar-refractivity contribution >= 4 is 11.9 Å². The molecule has 204 valence electrons. The molecule has 0 unspecified atom stereocenters. The van der Waals surface area contributed by atoms with Crippen LogP contribution < -0.4 is 9.47 Å². The fourth-order valence-electron chi connectivity index (χ4n) is 5.57. The van der Waals surface area contributed by atoms with Gasteiger partial charge in [-0.3, -0.25) is 4.79 Å². The number of carbonyl (C=O) groups excluding carboxylic acids is 1. The zero-order chi connectivity index (χ0) is 27.2. The van der Waals surface area contributed by atoms with E-state index in [2.05, 4.69) is 0 Å². The summed E-state index contributed by atoms with van der Waals surface area (Å²) in [6.45, 7) is 0.466. The largest absolute Gasteiger partial charge is 0.493 e. The van der Waals surface area contributed by atoms with Gasteiger partial charge in [-0.15, -0.1) is 0 Å². The molecular formula is C32H35NO6. The second kappa shape index (κ2) is 12.3. The number of ether oxygens (including phenoxy) is 3. The molecule has 2 atom stereocenters. The number of nitrogens with zero attached hydrogens (tertiary/aromatic N) is 1. The van der Waals surface area contributed by atoms with Crippen LogP contribution >= 0.6 is 0 Å². The lowest BCUT2D eigenvalue weighted by atomic mass is 9.91. The van der Waals surface area contributed by atoms with Gasteiger partial charge in [-0.1, -0.05) is 86.0 Å². The van der Waals surface area contributed by atoms with Crippen molar-refractivity contribution in [3.8, 4) is 11.5 Å². The second-order valence-electron chi connectivity index (χ2n) is 10.2. The number of hydrogen-bond donors (Lipinski definition) is 1. The third-order valence-corrected chi connectivity index (χ3v) is 7.66. The Balaban J connectivity index is 1.45. The van der Waals surface area contributed by atoms with Crippen LogP contribution in [0.2, 0.25) is 0 Å². The maximum Gasteiger partial charge on any atom is 0.326 e. The van der Waals surface area contributed by atoms with Gasteiger partial charge in [-0.2, -0.15) is 0 Å². The molecule has 1 aliphatic heterocycles. The van der Waals surface area contributed by atoms with Gasteiger partial charge < -0.3 is 24.2 Å². The minimum Gasteiger partial charge on any atom is -0.493 e. The monoisotopic (exact) mass is 529 g/mol. The van der Waals surface area contributed by atoms with Crippen LogP contribution in [0.25, 0.3) is 0 Å². The van der Waals surface area contributed by atoms with Gasteiger partial charge in [0.2, 0.25) is 0 Å². The molecule has 3 aromatic carbocycles. The number of methoxy groups -OCH3 is 1. The molecule has 7 nitrogen and oxygen atoms in total. The van der Waals surface area contributed by atoms with Gasteiger partial charge >= 0.3 is 5.97 Å². The molecule has 1 heterocycles. The highest BCUT2D eigenvalue weighted by atomic mass is 16.5. The van der Waals surface area contributed by atoms with Crippen LogP contribution in [0.15, 0.2) is 72.8 Å². The number of benzene rings is 3. The second-order valence-corrected chi connectivity index (χ2v) is 10.2. The number of carbonyl (C=O) groups is 2. The normalized spacial score (nSPS) is 18.2. The molecular weight excluding hydrogens is 494 g/mol. The summed E-state index contributed by atoms with van der Waals surface area (Å²) in [5.74, 6) is -0.325. The van der Waals surface area contributed by atoms with Crippen LogP contribution in [0.1, 0.15) is 60.5 Å². The molecule has 39 heavy (non-hydrogen) atoms. The molecule has 5 rings (SSSR count). The molecule has 1 aliphatic carbocycles. The summed E-state index contributed by atoms with van der Waals surface area (Å²) in [5, 5.41) is 10.3. The van der Waals surface area contributed by atoms with Gasteiger partial charge in [0.15, 0.2) is 17.6 Å². The van der Waals surface area contributed by atoms with Crippen molar-refractivity contribution in [1.82, 2.24) is 4.90 Å². The van der Waals surface area contributed by atoms with Crippen LogP contribution in [-0.4, -0.2) is 41.1 Å². The minimum atomic E-state index is -1.06. The summed E-state index contributed by atoms with van der Waals surface area (Å²) in [4.78, 5) is 28.1. The fourth-order valence-corrected chi connectivity index (χ4v) is 5.57. The van der Waals surface area contributed by atoms with Crippen LogP contribution in [0, 0.1) is 0 Å². The SMILES string of the molecule is COc1ccc2c(c1OCc1ccccc1)C[C@H](C(=O)O)N(C(=O)[C@H](OC1CCCCC1)c1ccccc1)C2. The molecule has 0 aromatic heterocycles. The van der Waals surface area contributed by atoms with Crippen LogP contribution in [0.5, 0.6) is 11.5 Å². The van der Waals surface area contributed by atoms with E-state index < -0.39 is 18.1 Å². The van der Waals surface area contributed by atoms with E-state index in [1.54, 1.807) is 7.11 Å². The zero-order valence-corrected chi connectivity index (χ0v) is 22.3. The van der Waals surface area contributed by atoms with E-state index in [0.29, 0.717) is 18.1 Å². The summed E-state index contributed by atoms with van der Waals surface area (Å²) in [7, 11) is 1.57. The zero-order valence-electron chi connectivity index (χ0n) is 22.3. The van der Waals surface area contributed by atoms with Gasteiger partial charge in [0.05, 0.1) is 13.2 Å². The number of aliphatic carboxylic acids is 1. The predicted molar refractivity (Wildman–Crippen MR) is 147 cm³/mol. The van der Waals surface area contributed by atoms with E-state index in [4.69, 9.17) is 14.2 Å². The van der Waals surface area contributed by atoms with Gasteiger partial charge in [-0.25, -0.2) is 4.79 Å². The topological polar surface area (TPSA) is 85.3 Å². The molecule has 1 fully saturated rings. The lowest BCUT2D eigenvalue weighted by Gasteiger charge is -2.38. The van der Waals surface area contributed by atoms with Crippen LogP contribution in [0.3, 0.4) is 0 Å². The first-order valence-corrected chi connectivity index (χ1v) is 13.6. The molecule has 1 saturated carbocycles. The average Bonchev–Trinajstić information content (AvgIpc) is 2.99. The number of rotatable bonds is 9. The minimum absolute atomic E-state index is 0.0180. The number of carboxylic acid groups (broad SMARTS) is 1. The highest BCUT2D eigenvalue weighted by Crippen LogP contribution is 2.40. The Morgan fingerprint density at radius 2 is 1.64 bits per heavy atom. The van der Waals surface area contributed by atoms with Crippen molar-refractivity contribution in [2.45, 2.75) is 69.9 Å². The molecule has 3 aromatic rings. The summed E-state index contributed by atoms with van der Waals surface area (Å²) < 4.78 is 18.2. The molecule has 1 N–H and O–H groups in total. The van der Waals surface area contributed by atoms with E-state index in [1.165, 1.54) is 11.3 Å². The number of amides is 1. The Hall–Kier alpha value is -3.84. The number of hydrogen-bond acceptors (Lipinski definition) is 5. The maximum atomic E-state index is 14.1. The number of fused-ring (bicyclic) bond motifs is 1. The molecule has 0 radical (unpaired) electrons. The maximum absolute atomic E-state index is 14.1. The van der Waals surface area contributed by atoms with E-state index >= 15 is 0 Å². The summed E-state index contributed by atoms with van der Waals surface area (Å²) in [6.07, 6.45) is 4.37. The first kappa shape index (κ1) is 26.8. The molecule has 7 heteroatoms. The van der Waals surface area contributed by atoms with Gasteiger partial charge in [0.1, 0.15) is 12.6 Å². The average molecular weight is 530 g/mol. The quantitative estimate of drug-likeness (QED) is 0.383. The first-order valence-electron chi connectivity index (χ1n) is 13.6. The highest BCUT2D eigenvalue weighted by molar-refractivity contribution is 5.88. The summed E-state index contributed by atoms with van der Waals surface area (Å²) in [6, 6.07) is 21.8. The Kier molecular flexibility index (Phi) is 8.47. The Morgan fingerprint density at radius 3 is 2.31 bits per heavy atom. The van der Waals surface area contributed by atoms with Crippen LogP contribution in [0.4, 0.5) is 0 Å². The smallest absolute Gasteiger partial charge is 0.326 e. The third-order valence-electron chi connectivity index (χ3n) is 7.66. The van der Waals surface area contributed by atoms with Crippen molar-refractivity contribution < 1.29 is 28.9 Å². The van der Waals surface area contributed by atoms with Gasteiger partial charge in [-0.05, 0) is 35.6 Å². The molecule has 2 aliphatic rings. The van der Waals surface area contributed by atoms with Crippen molar-refractivity contribution in [3.05, 3.63) is 95.1 Å². The van der Waals surface area contributed by atoms with Crippen molar-refractivity contribution in [1.29, 1.82) is 0 Å². The standard InChI is InChI=1S/C32H35NO6/c1-37-28-18-17-24-20-33(27(32(35)36)19-26(24)30(28)38-21-22-11-5-2-6-12-22)31(34)29(23-13-7-3-8-14-23)39-25-15-9-4-10-16-25/h2-3,5-8,11-14,17-18,25,27,29H,4,9-10,15-16,19-21H2,1H3,(H,35,36)/t27-,29-/m1/s1. The Morgan fingerprint density at radius 1 is 0.949 bits per heavy atom. The first-order chi connectivity index (χ1) is 19.0. The summed E-state index contributed by atoms with van der Waals surface area (Å²) >= 11 is 0. The van der Waals surface area contributed by atoms with E-state index in [1.807, 2.05) is 72.8 Å². The van der Waals surface area contributed by atoms with Crippen LogP contribution in [-0.2, 0) is 33.9 Å². The van der Waals surface area contributed by atoms with Gasteiger partial charge in [0.25, 0.3) is 5.91 Å². The predicted octanol–water partition coefficient (Wildman–Crippen LogP) is 5.70. The fraction of sp³-hybridized carbons (Fsp3) is 0.375. The Bertz CT molecular complexity index is 1270. The van der Waals surface area contributed by atoms with Crippen molar-refractivity contribution in [3.63, 3.8) is 0 Å². The lowest BCUT2D eigenvalue weighted by Crippen LogP contribution is -2.51. The number of carboxylic acids is 1. The third kappa shape index (κ3) is 6.09. The molecule has 0 spiro atoms. The molecule has 0 saturated heterocycles. The van der Waals surface area contributed by atoms with Gasteiger partial charge in [0, 0.05) is 18.5 Å². The Labute approximate surface area is 229 Å². The van der Waals surface area contributed by atoms with E-state index in [0.717, 1.165) is 47.9 Å².